The Bertz CT molecular complexity index is 1160. The molecule has 0 spiro atoms. The van der Waals surface area contributed by atoms with Crippen molar-refractivity contribution in [2.45, 2.75) is 10.6 Å². The van der Waals surface area contributed by atoms with Gasteiger partial charge in [0, 0.05) is 18.2 Å². The lowest BCUT2D eigenvalue weighted by molar-refractivity contribution is -0.384. The second-order valence-electron chi connectivity index (χ2n) is 5.74. The molecule has 29 heavy (non-hydrogen) atoms. The molecule has 1 amide bonds. The highest BCUT2D eigenvalue weighted by molar-refractivity contribution is 7.90. The highest BCUT2D eigenvalue weighted by Crippen LogP contribution is 2.21. The first-order valence-corrected chi connectivity index (χ1v) is 10.6. The van der Waals surface area contributed by atoms with Crippen LogP contribution in [0.15, 0.2) is 65.6 Å². The number of benzene rings is 2. The molecule has 2 aromatic carbocycles. The number of sulfone groups is 1. The predicted octanol–water partition coefficient (Wildman–Crippen LogP) is 3.07. The van der Waals surface area contributed by atoms with Gasteiger partial charge in [0.05, 0.1) is 9.82 Å². The fourth-order valence-electron chi connectivity index (χ4n) is 2.26. The van der Waals surface area contributed by atoms with Gasteiger partial charge < -0.3 is 0 Å². The molecule has 0 atom stereocenters. The number of nitro groups is 1. The van der Waals surface area contributed by atoms with Crippen LogP contribution in [0.4, 0.5) is 10.8 Å². The van der Waals surface area contributed by atoms with E-state index in [2.05, 4.69) is 15.5 Å². The number of carbonyl (C=O) groups is 1. The number of carbonyl (C=O) groups excluding carboxylic acids is 1. The van der Waals surface area contributed by atoms with Gasteiger partial charge in [0.15, 0.2) is 9.84 Å². The highest BCUT2D eigenvalue weighted by Gasteiger charge is 2.18. The van der Waals surface area contributed by atoms with Gasteiger partial charge in [-0.05, 0) is 35.9 Å². The van der Waals surface area contributed by atoms with E-state index >= 15 is 0 Å². The van der Waals surface area contributed by atoms with E-state index in [9.17, 15) is 23.3 Å². The van der Waals surface area contributed by atoms with E-state index < -0.39 is 20.7 Å². The molecular weight excluding hydrogens is 416 g/mol. The van der Waals surface area contributed by atoms with Gasteiger partial charge in [0.1, 0.15) is 10.8 Å². The number of nitro benzene ring substituents is 1. The van der Waals surface area contributed by atoms with E-state index in [-0.39, 0.29) is 26.5 Å². The summed E-state index contributed by atoms with van der Waals surface area (Å²) in [6.45, 7) is 0. The third kappa shape index (κ3) is 5.53. The number of amides is 1. The second-order valence-corrected chi connectivity index (χ2v) is 8.80. The Labute approximate surface area is 169 Å². The van der Waals surface area contributed by atoms with Gasteiger partial charge in [-0.25, -0.2) is 8.42 Å². The fourth-order valence-corrected chi connectivity index (χ4v) is 4.62. The molecule has 3 aromatic rings. The van der Waals surface area contributed by atoms with Crippen LogP contribution in [0.25, 0.3) is 6.08 Å². The molecule has 0 fully saturated rings. The Morgan fingerprint density at radius 2 is 1.79 bits per heavy atom. The van der Waals surface area contributed by atoms with E-state index in [1.807, 2.05) is 0 Å². The third-order valence-electron chi connectivity index (χ3n) is 3.64. The van der Waals surface area contributed by atoms with Crippen molar-refractivity contribution >= 4 is 44.0 Å². The number of hydrogen-bond acceptors (Lipinski definition) is 8. The molecule has 3 rings (SSSR count). The number of aromatic nitrogens is 2. The Balaban J connectivity index is 1.61. The molecule has 1 heterocycles. The molecule has 0 saturated carbocycles. The summed E-state index contributed by atoms with van der Waals surface area (Å²) in [6.07, 6.45) is 2.73. The minimum absolute atomic E-state index is 0.0431. The van der Waals surface area contributed by atoms with Gasteiger partial charge in [0.2, 0.25) is 11.0 Å². The molecule has 11 heteroatoms. The Morgan fingerprint density at radius 3 is 2.45 bits per heavy atom. The average Bonchev–Trinajstić information content (AvgIpc) is 3.13. The van der Waals surface area contributed by atoms with Crippen LogP contribution >= 0.6 is 11.3 Å². The predicted molar refractivity (Wildman–Crippen MR) is 108 cm³/mol. The Hall–Kier alpha value is -3.44. The van der Waals surface area contributed by atoms with Crippen LogP contribution in [-0.4, -0.2) is 29.4 Å². The van der Waals surface area contributed by atoms with Crippen molar-refractivity contribution < 1.29 is 18.1 Å². The zero-order valence-electron chi connectivity index (χ0n) is 14.8. The number of nitrogens with zero attached hydrogens (tertiary/aromatic N) is 3. The minimum atomic E-state index is -3.55. The van der Waals surface area contributed by atoms with Crippen LogP contribution in [0.5, 0.6) is 0 Å². The maximum absolute atomic E-state index is 12.4. The lowest BCUT2D eigenvalue weighted by Crippen LogP contribution is -2.07. The topological polar surface area (TPSA) is 132 Å². The lowest BCUT2D eigenvalue weighted by Gasteiger charge is -2.00. The summed E-state index contributed by atoms with van der Waals surface area (Å²) in [7, 11) is -3.55. The van der Waals surface area contributed by atoms with Crippen molar-refractivity contribution in [1.82, 2.24) is 10.2 Å². The number of nitrogens with one attached hydrogen (secondary N) is 1. The summed E-state index contributed by atoms with van der Waals surface area (Å²) in [6, 6.07) is 13.7. The van der Waals surface area contributed by atoms with Crippen molar-refractivity contribution in [2.24, 2.45) is 0 Å². The monoisotopic (exact) mass is 430 g/mol. The van der Waals surface area contributed by atoms with E-state index in [0.29, 0.717) is 5.56 Å². The summed E-state index contributed by atoms with van der Waals surface area (Å²) in [5, 5.41) is 21.1. The standard InChI is InChI=1S/C18H14N4O5S2/c23-16(11-8-13-6-9-14(10-7-13)22(24)25)19-18-21-20-17(28-18)12-29(26,27)15-4-2-1-3-5-15/h1-11H,12H2,(H,19,21,23)/b11-8+. The first-order chi connectivity index (χ1) is 13.8. The van der Waals surface area contributed by atoms with Crippen molar-refractivity contribution in [3.8, 4) is 0 Å². The molecule has 1 N–H and O–H groups in total. The van der Waals surface area contributed by atoms with Crippen molar-refractivity contribution in [3.05, 3.63) is 81.4 Å². The van der Waals surface area contributed by atoms with Crippen LogP contribution in [0, 0.1) is 10.1 Å². The van der Waals surface area contributed by atoms with Gasteiger partial charge in [-0.15, -0.1) is 10.2 Å². The van der Waals surface area contributed by atoms with Crippen molar-refractivity contribution in [3.63, 3.8) is 0 Å². The van der Waals surface area contributed by atoms with E-state index in [1.54, 1.807) is 18.2 Å². The molecule has 0 aliphatic heterocycles. The van der Waals surface area contributed by atoms with Gasteiger partial charge in [-0.3, -0.25) is 20.2 Å². The molecule has 0 aliphatic rings. The van der Waals surface area contributed by atoms with E-state index in [1.165, 1.54) is 48.6 Å². The summed E-state index contributed by atoms with van der Waals surface area (Å²) >= 11 is 0.967. The SMILES string of the molecule is O=C(/C=C/c1ccc([N+](=O)[O-])cc1)Nc1nnc(CS(=O)(=O)c2ccccc2)s1. The molecular formula is C18H14N4O5S2. The van der Waals surface area contributed by atoms with Gasteiger partial charge in [0.25, 0.3) is 5.69 Å². The first-order valence-electron chi connectivity index (χ1n) is 8.17. The summed E-state index contributed by atoms with van der Waals surface area (Å²) < 4.78 is 24.7. The molecule has 0 radical (unpaired) electrons. The average molecular weight is 430 g/mol. The molecule has 9 nitrogen and oxygen atoms in total. The summed E-state index contributed by atoms with van der Waals surface area (Å²) in [4.78, 5) is 22.3. The third-order valence-corrected chi connectivity index (χ3v) is 6.31. The number of anilines is 1. The molecule has 1 aromatic heterocycles. The maximum Gasteiger partial charge on any atom is 0.269 e. The zero-order chi connectivity index (χ0) is 20.9. The first kappa shape index (κ1) is 20.3. The molecule has 0 unspecified atom stereocenters. The van der Waals surface area contributed by atoms with E-state index in [0.717, 1.165) is 11.3 Å². The van der Waals surface area contributed by atoms with E-state index in [4.69, 9.17) is 0 Å². The van der Waals surface area contributed by atoms with Gasteiger partial charge >= 0.3 is 0 Å². The number of non-ortho nitro benzene ring substituents is 1. The largest absolute Gasteiger partial charge is 0.297 e. The number of hydrogen-bond donors (Lipinski definition) is 1. The Kier molecular flexibility index (Phi) is 6.10. The number of rotatable bonds is 7. The van der Waals surface area contributed by atoms with Crippen molar-refractivity contribution in [1.29, 1.82) is 0 Å². The van der Waals surface area contributed by atoms with Crippen LogP contribution in [-0.2, 0) is 20.4 Å². The van der Waals surface area contributed by atoms with Gasteiger partial charge in [-0.2, -0.15) is 0 Å². The molecule has 148 valence electrons. The van der Waals surface area contributed by atoms with Crippen LogP contribution in [0.1, 0.15) is 10.6 Å². The molecule has 0 bridgehead atoms. The van der Waals surface area contributed by atoms with Crippen LogP contribution in [0.3, 0.4) is 0 Å². The second kappa shape index (κ2) is 8.71. The fraction of sp³-hybridized carbons (Fsp3) is 0.0556. The summed E-state index contributed by atoms with van der Waals surface area (Å²) in [5.41, 5.74) is 0.566. The molecule has 0 aliphatic carbocycles. The Morgan fingerprint density at radius 1 is 1.10 bits per heavy atom. The highest BCUT2D eigenvalue weighted by atomic mass is 32.2. The molecule has 0 saturated heterocycles. The quantitative estimate of drug-likeness (QED) is 0.346. The summed E-state index contributed by atoms with van der Waals surface area (Å²) in [5.74, 6) is -0.805. The minimum Gasteiger partial charge on any atom is -0.297 e. The zero-order valence-corrected chi connectivity index (χ0v) is 16.4. The van der Waals surface area contributed by atoms with Crippen LogP contribution < -0.4 is 5.32 Å². The normalized spacial score (nSPS) is 11.4. The van der Waals surface area contributed by atoms with Crippen LogP contribution in [0.2, 0.25) is 0 Å². The smallest absolute Gasteiger partial charge is 0.269 e. The van der Waals surface area contributed by atoms with Crippen molar-refractivity contribution in [2.75, 3.05) is 5.32 Å². The van der Waals surface area contributed by atoms with Gasteiger partial charge in [-0.1, -0.05) is 29.5 Å². The lowest BCUT2D eigenvalue weighted by atomic mass is 10.2. The maximum atomic E-state index is 12.4.